The van der Waals surface area contributed by atoms with Crippen molar-refractivity contribution in [2.45, 2.75) is 13.8 Å². The van der Waals surface area contributed by atoms with Gasteiger partial charge in [-0.1, -0.05) is 17.7 Å². The number of pyridine rings is 1. The number of hydrogen-bond acceptors (Lipinski definition) is 2. The fourth-order valence-electron chi connectivity index (χ4n) is 3.23. The number of rotatable bonds is 3. The van der Waals surface area contributed by atoms with Crippen LogP contribution in [-0.2, 0) is 0 Å². The number of aromatic nitrogens is 2. The molecule has 0 saturated heterocycles. The molecule has 0 radical (unpaired) electrons. The summed E-state index contributed by atoms with van der Waals surface area (Å²) in [5.41, 5.74) is 6.32. The molecule has 134 valence electrons. The van der Waals surface area contributed by atoms with Gasteiger partial charge < -0.3 is 4.57 Å². The number of halogens is 2. The zero-order chi connectivity index (χ0) is 19.0. The molecule has 0 N–H and O–H groups in total. The topological polar surface area (TPSA) is 30.2 Å². The largest absolute Gasteiger partial charge is 0.318 e. The van der Waals surface area contributed by atoms with Gasteiger partial charge in [-0.15, -0.1) is 0 Å². The van der Waals surface area contributed by atoms with Crippen molar-refractivity contribution >= 4 is 50.3 Å². The van der Waals surface area contributed by atoms with Gasteiger partial charge in [0, 0.05) is 44.9 Å². The van der Waals surface area contributed by atoms with E-state index >= 15 is 0 Å². The van der Waals surface area contributed by atoms with Crippen LogP contribution in [0.15, 0.2) is 70.3 Å². The van der Waals surface area contributed by atoms with Crippen LogP contribution in [0.2, 0.25) is 5.02 Å². The molecule has 3 nitrogen and oxygen atoms in total. The zero-order valence-electron chi connectivity index (χ0n) is 14.9. The SMILES string of the molecule is Cc1cc(C=Nc2ccc(Br)c(Cl)c2)c(C)n1-c1ccc2ncccc2c1. The van der Waals surface area contributed by atoms with Gasteiger partial charge in [-0.25, -0.2) is 0 Å². The number of hydrogen-bond donors (Lipinski definition) is 0. The number of aliphatic imine (C=N–C) groups is 1. The normalized spacial score (nSPS) is 11.6. The van der Waals surface area contributed by atoms with Gasteiger partial charge in [0.05, 0.1) is 16.2 Å². The van der Waals surface area contributed by atoms with E-state index in [2.05, 4.69) is 74.7 Å². The Morgan fingerprint density at radius 1 is 1.07 bits per heavy atom. The predicted octanol–water partition coefficient (Wildman–Crippen LogP) is 6.81. The third kappa shape index (κ3) is 3.55. The van der Waals surface area contributed by atoms with Crippen LogP contribution >= 0.6 is 27.5 Å². The lowest BCUT2D eigenvalue weighted by Crippen LogP contribution is -1.99. The van der Waals surface area contributed by atoms with Crippen molar-refractivity contribution in [1.82, 2.24) is 9.55 Å². The molecule has 2 aromatic heterocycles. The second kappa shape index (κ2) is 7.29. The Labute approximate surface area is 171 Å². The maximum atomic E-state index is 6.15. The third-order valence-corrected chi connectivity index (χ3v) is 5.80. The number of fused-ring (bicyclic) bond motifs is 1. The van der Waals surface area contributed by atoms with Crippen LogP contribution in [0.1, 0.15) is 17.0 Å². The Bertz CT molecular complexity index is 1180. The lowest BCUT2D eigenvalue weighted by Gasteiger charge is -2.10. The lowest BCUT2D eigenvalue weighted by atomic mass is 10.2. The molecule has 2 aromatic carbocycles. The summed E-state index contributed by atoms with van der Waals surface area (Å²) in [6.45, 7) is 4.21. The van der Waals surface area contributed by atoms with Gasteiger partial charge in [-0.05, 0) is 78.3 Å². The monoisotopic (exact) mass is 437 g/mol. The maximum absolute atomic E-state index is 6.15. The van der Waals surface area contributed by atoms with Gasteiger partial charge in [0.2, 0.25) is 0 Å². The van der Waals surface area contributed by atoms with Crippen molar-refractivity contribution in [3.05, 3.63) is 87.2 Å². The Hall–Kier alpha value is -2.43. The summed E-state index contributed by atoms with van der Waals surface area (Å²) in [7, 11) is 0. The second-order valence-electron chi connectivity index (χ2n) is 6.40. The van der Waals surface area contributed by atoms with Crippen molar-refractivity contribution < 1.29 is 0 Å². The minimum absolute atomic E-state index is 0.653. The van der Waals surface area contributed by atoms with Crippen LogP contribution in [0, 0.1) is 13.8 Å². The molecule has 0 saturated carbocycles. The molecule has 0 aliphatic rings. The average Bonchev–Trinajstić information content (AvgIpc) is 2.96. The Morgan fingerprint density at radius 2 is 1.93 bits per heavy atom. The fraction of sp³-hybridized carbons (Fsp3) is 0.0909. The van der Waals surface area contributed by atoms with Crippen LogP contribution in [-0.4, -0.2) is 15.8 Å². The molecule has 0 unspecified atom stereocenters. The van der Waals surface area contributed by atoms with Crippen LogP contribution < -0.4 is 0 Å². The van der Waals surface area contributed by atoms with Crippen LogP contribution in [0.4, 0.5) is 5.69 Å². The van der Waals surface area contributed by atoms with Gasteiger partial charge in [0.15, 0.2) is 0 Å². The third-order valence-electron chi connectivity index (χ3n) is 4.57. The molecular weight excluding hydrogens is 422 g/mol. The predicted molar refractivity (Wildman–Crippen MR) is 117 cm³/mol. The van der Waals surface area contributed by atoms with E-state index in [9.17, 15) is 0 Å². The molecule has 0 atom stereocenters. The number of nitrogens with zero attached hydrogens (tertiary/aromatic N) is 3. The molecule has 4 rings (SSSR count). The Balaban J connectivity index is 1.72. The van der Waals surface area contributed by atoms with Gasteiger partial charge in [-0.3, -0.25) is 9.98 Å². The van der Waals surface area contributed by atoms with Crippen LogP contribution in [0.5, 0.6) is 0 Å². The first-order valence-electron chi connectivity index (χ1n) is 8.56. The van der Waals surface area contributed by atoms with Crippen molar-refractivity contribution in [3.63, 3.8) is 0 Å². The summed E-state index contributed by atoms with van der Waals surface area (Å²) in [5, 5.41) is 1.78. The summed E-state index contributed by atoms with van der Waals surface area (Å²) in [5.74, 6) is 0. The Kier molecular flexibility index (Phi) is 4.85. The average molecular weight is 439 g/mol. The molecule has 4 aromatic rings. The second-order valence-corrected chi connectivity index (χ2v) is 7.66. The van der Waals surface area contributed by atoms with Crippen LogP contribution in [0.3, 0.4) is 0 Å². The molecule has 0 fully saturated rings. The minimum atomic E-state index is 0.653. The first-order chi connectivity index (χ1) is 13.0. The first kappa shape index (κ1) is 18.0. The molecule has 27 heavy (non-hydrogen) atoms. The van der Waals surface area contributed by atoms with Gasteiger partial charge >= 0.3 is 0 Å². The van der Waals surface area contributed by atoms with Gasteiger partial charge in [0.25, 0.3) is 0 Å². The summed E-state index contributed by atoms with van der Waals surface area (Å²) in [6, 6.07) is 18.2. The highest BCUT2D eigenvalue weighted by atomic mass is 79.9. The summed E-state index contributed by atoms with van der Waals surface area (Å²) < 4.78 is 3.11. The Morgan fingerprint density at radius 3 is 2.74 bits per heavy atom. The minimum Gasteiger partial charge on any atom is -0.318 e. The number of benzene rings is 2. The zero-order valence-corrected chi connectivity index (χ0v) is 17.3. The first-order valence-corrected chi connectivity index (χ1v) is 9.73. The van der Waals surface area contributed by atoms with E-state index in [1.807, 2.05) is 36.7 Å². The maximum Gasteiger partial charge on any atom is 0.0703 e. The van der Waals surface area contributed by atoms with E-state index in [0.717, 1.165) is 43.7 Å². The summed E-state index contributed by atoms with van der Waals surface area (Å²) in [6.07, 6.45) is 3.71. The molecule has 5 heteroatoms. The van der Waals surface area contributed by atoms with Gasteiger partial charge in [0.1, 0.15) is 0 Å². The van der Waals surface area contributed by atoms with E-state index in [1.54, 1.807) is 0 Å². The van der Waals surface area contributed by atoms with E-state index in [4.69, 9.17) is 11.6 Å². The molecule has 0 aliphatic heterocycles. The van der Waals surface area contributed by atoms with Crippen molar-refractivity contribution in [2.24, 2.45) is 4.99 Å². The van der Waals surface area contributed by atoms with Crippen molar-refractivity contribution in [1.29, 1.82) is 0 Å². The summed E-state index contributed by atoms with van der Waals surface area (Å²) in [4.78, 5) is 8.98. The molecular formula is C22H17BrClN3. The molecule has 0 bridgehead atoms. The quantitative estimate of drug-likeness (QED) is 0.323. The smallest absolute Gasteiger partial charge is 0.0703 e. The molecule has 0 spiro atoms. The highest BCUT2D eigenvalue weighted by Crippen LogP contribution is 2.27. The standard InChI is InChI=1S/C22H17BrClN3/c1-14-10-17(13-26-18-5-7-20(23)21(24)12-18)15(2)27(14)19-6-8-22-16(11-19)4-3-9-25-22/h3-13H,1-2H3. The number of aryl methyl sites for hydroxylation is 1. The van der Waals surface area contributed by atoms with E-state index in [-0.39, 0.29) is 0 Å². The van der Waals surface area contributed by atoms with E-state index in [0.29, 0.717) is 5.02 Å². The van der Waals surface area contributed by atoms with E-state index < -0.39 is 0 Å². The van der Waals surface area contributed by atoms with Crippen molar-refractivity contribution in [2.75, 3.05) is 0 Å². The highest BCUT2D eigenvalue weighted by Gasteiger charge is 2.10. The molecule has 0 aliphatic carbocycles. The summed E-state index contributed by atoms with van der Waals surface area (Å²) >= 11 is 9.56. The van der Waals surface area contributed by atoms with Crippen molar-refractivity contribution in [3.8, 4) is 5.69 Å². The van der Waals surface area contributed by atoms with E-state index in [1.165, 1.54) is 0 Å². The fourth-order valence-corrected chi connectivity index (χ4v) is 3.65. The molecule has 0 amide bonds. The lowest BCUT2D eigenvalue weighted by molar-refractivity contribution is 0.967. The van der Waals surface area contributed by atoms with Gasteiger partial charge in [-0.2, -0.15) is 0 Å². The van der Waals surface area contributed by atoms with Crippen LogP contribution in [0.25, 0.3) is 16.6 Å². The highest BCUT2D eigenvalue weighted by molar-refractivity contribution is 9.10. The molecule has 2 heterocycles.